The number of aryl methyl sites for hydroxylation is 1. The molecule has 1 fully saturated rings. The van der Waals surface area contributed by atoms with Gasteiger partial charge in [-0.2, -0.15) is 0 Å². The summed E-state index contributed by atoms with van der Waals surface area (Å²) >= 11 is 1.41. The predicted molar refractivity (Wildman–Crippen MR) is 135 cm³/mol. The van der Waals surface area contributed by atoms with E-state index in [2.05, 4.69) is 5.32 Å². The molecule has 5 nitrogen and oxygen atoms in total. The van der Waals surface area contributed by atoms with Crippen molar-refractivity contribution in [1.82, 2.24) is 5.32 Å². The van der Waals surface area contributed by atoms with Gasteiger partial charge < -0.3 is 11.1 Å². The zero-order valence-electron chi connectivity index (χ0n) is 19.6. The molecule has 0 radical (unpaired) electrons. The van der Waals surface area contributed by atoms with Gasteiger partial charge in [-0.05, 0) is 67.1 Å². The number of nitrogens with zero attached hydrogens (tertiary/aromatic N) is 1. The molecule has 1 aliphatic rings. The van der Waals surface area contributed by atoms with Crippen molar-refractivity contribution in [2.45, 2.75) is 57.5 Å². The second-order valence-electron chi connectivity index (χ2n) is 8.98. The van der Waals surface area contributed by atoms with Gasteiger partial charge in [-0.1, -0.05) is 31.4 Å². The van der Waals surface area contributed by atoms with Crippen LogP contribution < -0.4 is 16.0 Å². The van der Waals surface area contributed by atoms with Crippen LogP contribution in [-0.4, -0.2) is 17.9 Å². The molecule has 0 saturated heterocycles. The second kappa shape index (κ2) is 11.0. The Labute approximate surface area is 207 Å². The van der Waals surface area contributed by atoms with Crippen LogP contribution in [0.15, 0.2) is 53.9 Å². The Hall–Kier alpha value is -3.26. The van der Waals surface area contributed by atoms with Gasteiger partial charge in [0.25, 0.3) is 0 Å². The lowest BCUT2D eigenvalue weighted by Gasteiger charge is -2.34. The van der Waals surface area contributed by atoms with Crippen molar-refractivity contribution < 1.29 is 18.4 Å². The van der Waals surface area contributed by atoms with Crippen LogP contribution in [0.25, 0.3) is 0 Å². The highest BCUT2D eigenvalue weighted by atomic mass is 32.1. The molecule has 35 heavy (non-hydrogen) atoms. The molecule has 1 unspecified atom stereocenters. The largest absolute Gasteiger partial charge is 0.398 e. The maximum atomic E-state index is 14.7. The number of benzene rings is 2. The third-order valence-electron chi connectivity index (χ3n) is 6.38. The number of nitrogens with two attached hydrogens (primary N) is 1. The zero-order valence-corrected chi connectivity index (χ0v) is 20.4. The quantitative estimate of drug-likeness (QED) is 0.412. The molecule has 1 atom stereocenters. The lowest BCUT2D eigenvalue weighted by molar-refractivity contribution is -0.127. The summed E-state index contributed by atoms with van der Waals surface area (Å²) in [6.07, 6.45) is 4.79. The van der Waals surface area contributed by atoms with E-state index in [9.17, 15) is 18.4 Å². The van der Waals surface area contributed by atoms with Crippen molar-refractivity contribution in [1.29, 1.82) is 0 Å². The SMILES string of the molecule is Cc1cc(N)c(C(C(=O)NC2CCCCC2)N(C(=O)Cc2cccs2)c2cccc(F)c2)cc1F. The summed E-state index contributed by atoms with van der Waals surface area (Å²) in [5.74, 6) is -1.96. The van der Waals surface area contributed by atoms with E-state index in [0.717, 1.165) is 37.0 Å². The molecule has 3 N–H and O–H groups in total. The first-order chi connectivity index (χ1) is 16.8. The van der Waals surface area contributed by atoms with E-state index in [0.29, 0.717) is 5.56 Å². The molecule has 1 aliphatic carbocycles. The molecular weight excluding hydrogens is 468 g/mol. The van der Waals surface area contributed by atoms with Crippen molar-refractivity contribution >= 4 is 34.5 Å². The van der Waals surface area contributed by atoms with Gasteiger partial charge in [0.05, 0.1) is 6.42 Å². The Kier molecular flexibility index (Phi) is 7.80. The van der Waals surface area contributed by atoms with Gasteiger partial charge in [0.2, 0.25) is 11.8 Å². The van der Waals surface area contributed by atoms with Crippen LogP contribution >= 0.6 is 11.3 Å². The van der Waals surface area contributed by atoms with E-state index in [1.165, 1.54) is 46.6 Å². The summed E-state index contributed by atoms with van der Waals surface area (Å²) in [5, 5.41) is 4.91. The van der Waals surface area contributed by atoms with E-state index in [1.54, 1.807) is 13.0 Å². The molecule has 0 bridgehead atoms. The van der Waals surface area contributed by atoms with Gasteiger partial charge in [-0.15, -0.1) is 11.3 Å². The monoisotopic (exact) mass is 497 g/mol. The Morgan fingerprint density at radius 1 is 1.11 bits per heavy atom. The fourth-order valence-corrected chi connectivity index (χ4v) is 5.29. The minimum atomic E-state index is -1.26. The van der Waals surface area contributed by atoms with Gasteiger partial charge in [0.15, 0.2) is 0 Å². The number of anilines is 2. The Balaban J connectivity index is 1.81. The number of hydrogen-bond donors (Lipinski definition) is 2. The third-order valence-corrected chi connectivity index (χ3v) is 7.25. The minimum Gasteiger partial charge on any atom is -0.398 e. The second-order valence-corrected chi connectivity index (χ2v) is 10.0. The summed E-state index contributed by atoms with van der Waals surface area (Å²) in [5.41, 5.74) is 7.19. The fraction of sp³-hybridized carbons (Fsp3) is 0.333. The van der Waals surface area contributed by atoms with Crippen molar-refractivity contribution in [2.75, 3.05) is 10.6 Å². The van der Waals surface area contributed by atoms with Crippen LogP contribution in [0, 0.1) is 18.6 Å². The summed E-state index contributed by atoms with van der Waals surface area (Å²) in [6.45, 7) is 1.58. The highest BCUT2D eigenvalue weighted by Gasteiger charge is 2.36. The number of nitrogen functional groups attached to an aromatic ring is 1. The molecule has 0 spiro atoms. The molecule has 1 saturated carbocycles. The number of halogens is 2. The molecule has 4 rings (SSSR count). The van der Waals surface area contributed by atoms with Crippen LogP contribution in [0.3, 0.4) is 0 Å². The lowest BCUT2D eigenvalue weighted by Crippen LogP contribution is -2.48. The van der Waals surface area contributed by atoms with Crippen molar-refractivity contribution in [2.24, 2.45) is 0 Å². The van der Waals surface area contributed by atoms with Crippen molar-refractivity contribution in [3.63, 3.8) is 0 Å². The van der Waals surface area contributed by atoms with E-state index < -0.39 is 29.5 Å². The smallest absolute Gasteiger partial charge is 0.248 e. The Morgan fingerprint density at radius 2 is 1.89 bits per heavy atom. The maximum absolute atomic E-state index is 14.7. The van der Waals surface area contributed by atoms with Gasteiger partial charge in [0.1, 0.15) is 17.7 Å². The lowest BCUT2D eigenvalue weighted by atomic mass is 9.94. The van der Waals surface area contributed by atoms with Gasteiger partial charge >= 0.3 is 0 Å². The normalized spacial score (nSPS) is 14.9. The number of carbonyl (C=O) groups excluding carboxylic acids is 2. The molecule has 1 heterocycles. The van der Waals surface area contributed by atoms with Crippen LogP contribution in [-0.2, 0) is 16.0 Å². The van der Waals surface area contributed by atoms with Gasteiger partial charge in [-0.3, -0.25) is 14.5 Å². The number of hydrogen-bond acceptors (Lipinski definition) is 4. The standard InChI is InChI=1S/C27H29F2N3O2S/c1-17-13-24(30)22(16-23(17)29)26(27(34)31-19-8-3-2-4-9-19)32(20-10-5-7-18(28)14-20)25(33)15-21-11-6-12-35-21/h5-7,10-14,16,19,26H,2-4,8-9,15,30H2,1H3,(H,31,34). The van der Waals surface area contributed by atoms with Crippen LogP contribution in [0.1, 0.15) is 54.1 Å². The summed E-state index contributed by atoms with van der Waals surface area (Å²) in [4.78, 5) is 29.5. The highest BCUT2D eigenvalue weighted by molar-refractivity contribution is 7.10. The summed E-state index contributed by atoms with van der Waals surface area (Å²) in [7, 11) is 0. The summed E-state index contributed by atoms with van der Waals surface area (Å²) < 4.78 is 29.0. The first-order valence-electron chi connectivity index (χ1n) is 11.8. The zero-order chi connectivity index (χ0) is 24.9. The van der Waals surface area contributed by atoms with Crippen molar-refractivity contribution in [3.8, 4) is 0 Å². The van der Waals surface area contributed by atoms with Crippen LogP contribution in [0.2, 0.25) is 0 Å². The van der Waals surface area contributed by atoms with E-state index >= 15 is 0 Å². The van der Waals surface area contributed by atoms with Gasteiger partial charge in [0, 0.05) is 27.9 Å². The van der Waals surface area contributed by atoms with E-state index in [1.807, 2.05) is 17.5 Å². The molecular formula is C27H29F2N3O2S. The molecule has 2 aromatic carbocycles. The molecule has 1 aromatic heterocycles. The van der Waals surface area contributed by atoms with Crippen LogP contribution in [0.4, 0.5) is 20.2 Å². The molecule has 184 valence electrons. The highest BCUT2D eigenvalue weighted by Crippen LogP contribution is 2.34. The van der Waals surface area contributed by atoms with E-state index in [-0.39, 0.29) is 29.4 Å². The summed E-state index contributed by atoms with van der Waals surface area (Å²) in [6, 6.07) is 10.5. The number of amides is 2. The first-order valence-corrected chi connectivity index (χ1v) is 12.7. The predicted octanol–water partition coefficient (Wildman–Crippen LogP) is 5.68. The molecule has 3 aromatic rings. The number of thiophene rings is 1. The average molecular weight is 498 g/mol. The maximum Gasteiger partial charge on any atom is 0.248 e. The molecule has 0 aliphatic heterocycles. The minimum absolute atomic E-state index is 0.00956. The first kappa shape index (κ1) is 24.9. The number of nitrogens with one attached hydrogen (secondary N) is 1. The number of rotatable bonds is 7. The number of carbonyl (C=O) groups is 2. The topological polar surface area (TPSA) is 75.4 Å². The average Bonchev–Trinajstić information content (AvgIpc) is 3.33. The molecule has 8 heteroatoms. The Morgan fingerprint density at radius 3 is 2.57 bits per heavy atom. The third kappa shape index (κ3) is 5.88. The van der Waals surface area contributed by atoms with E-state index in [4.69, 9.17) is 5.73 Å². The van der Waals surface area contributed by atoms with Crippen LogP contribution in [0.5, 0.6) is 0 Å². The Bertz CT molecular complexity index is 1190. The fourth-order valence-electron chi connectivity index (χ4n) is 4.59. The van der Waals surface area contributed by atoms with Crippen molar-refractivity contribution in [3.05, 3.63) is 81.5 Å². The van der Waals surface area contributed by atoms with Gasteiger partial charge in [-0.25, -0.2) is 8.78 Å². The molecule has 2 amide bonds.